The van der Waals surface area contributed by atoms with E-state index in [1.807, 2.05) is 31.2 Å². The maximum Gasteiger partial charge on any atom is 0.126 e. The zero-order valence-corrected chi connectivity index (χ0v) is 14.4. The van der Waals surface area contributed by atoms with Gasteiger partial charge in [0.25, 0.3) is 0 Å². The fourth-order valence-electron chi connectivity index (χ4n) is 1.93. The molecule has 0 N–H and O–H groups in total. The topological polar surface area (TPSA) is 9.23 Å². The van der Waals surface area contributed by atoms with E-state index < -0.39 is 0 Å². The summed E-state index contributed by atoms with van der Waals surface area (Å²) in [5.74, 6) is 2.29. The van der Waals surface area contributed by atoms with Gasteiger partial charge in [-0.2, -0.15) is 0 Å². The number of ether oxygens (including phenoxy) is 1. The average Bonchev–Trinajstić information content (AvgIpc) is 2.45. The Kier molecular flexibility index (Phi) is 6.27. The summed E-state index contributed by atoms with van der Waals surface area (Å²) >= 11 is 11.3. The number of rotatable bonds is 6. The van der Waals surface area contributed by atoms with Crippen molar-refractivity contribution in [2.75, 3.05) is 12.4 Å². The fourth-order valence-corrected chi connectivity index (χ4v) is 3.50. The predicted molar refractivity (Wildman–Crippen MR) is 91.1 cm³/mol. The van der Waals surface area contributed by atoms with E-state index in [1.165, 1.54) is 4.90 Å². The maximum atomic E-state index is 5.98. The Hall–Kier alpha value is -0.640. The number of hydrogen-bond acceptors (Lipinski definition) is 2. The van der Waals surface area contributed by atoms with Crippen LogP contribution in [0.2, 0.25) is 0 Å². The van der Waals surface area contributed by atoms with Crippen molar-refractivity contribution in [3.63, 3.8) is 0 Å². The van der Waals surface area contributed by atoms with Gasteiger partial charge >= 0.3 is 0 Å². The third kappa shape index (κ3) is 4.44. The highest BCUT2D eigenvalue weighted by Crippen LogP contribution is 2.29. The molecule has 0 unspecified atom stereocenters. The van der Waals surface area contributed by atoms with Crippen LogP contribution in [0.5, 0.6) is 5.75 Å². The third-order valence-corrected chi connectivity index (χ3v) is 4.52. The maximum absolute atomic E-state index is 5.98. The fraction of sp³-hybridized carbons (Fsp3) is 0.250. The molecule has 4 heteroatoms. The monoisotopic (exact) mass is 370 g/mol. The second kappa shape index (κ2) is 7.96. The minimum Gasteiger partial charge on any atom is -0.492 e. The van der Waals surface area contributed by atoms with Crippen LogP contribution < -0.4 is 4.74 Å². The van der Waals surface area contributed by atoms with Gasteiger partial charge in [-0.1, -0.05) is 34.1 Å². The molecule has 0 aromatic heterocycles. The van der Waals surface area contributed by atoms with Gasteiger partial charge in [0.05, 0.1) is 12.5 Å². The number of thioether (sulfide) groups is 1. The normalized spacial score (nSPS) is 10.6. The Balaban J connectivity index is 1.91. The molecule has 0 bridgehead atoms. The van der Waals surface area contributed by atoms with Crippen LogP contribution in [0.1, 0.15) is 11.1 Å². The molecule has 2 aromatic rings. The molecule has 20 heavy (non-hydrogen) atoms. The van der Waals surface area contributed by atoms with Crippen LogP contribution in [-0.2, 0) is 5.88 Å². The lowest BCUT2D eigenvalue weighted by atomic mass is 10.1. The van der Waals surface area contributed by atoms with Crippen molar-refractivity contribution in [1.29, 1.82) is 0 Å². The molecular formula is C16H16BrClOS. The zero-order valence-electron chi connectivity index (χ0n) is 11.2. The summed E-state index contributed by atoms with van der Waals surface area (Å²) in [6.07, 6.45) is 0. The SMILES string of the molecule is Cc1cc(Br)cc(CCl)c1OCCSc1ccccc1. The Bertz CT molecular complexity index is 560. The van der Waals surface area contributed by atoms with Crippen molar-refractivity contribution in [2.45, 2.75) is 17.7 Å². The van der Waals surface area contributed by atoms with E-state index in [0.717, 1.165) is 27.1 Å². The molecule has 0 saturated carbocycles. The first-order chi connectivity index (χ1) is 9.70. The van der Waals surface area contributed by atoms with E-state index in [0.29, 0.717) is 12.5 Å². The molecule has 0 fully saturated rings. The van der Waals surface area contributed by atoms with Crippen LogP contribution in [0.3, 0.4) is 0 Å². The van der Waals surface area contributed by atoms with Crippen LogP contribution in [0.4, 0.5) is 0 Å². The molecule has 0 spiro atoms. The lowest BCUT2D eigenvalue weighted by Crippen LogP contribution is -2.03. The molecule has 0 aliphatic heterocycles. The molecule has 0 amide bonds. The molecule has 0 aliphatic carbocycles. The summed E-state index contributed by atoms with van der Waals surface area (Å²) in [5, 5.41) is 0. The van der Waals surface area contributed by atoms with Crippen molar-refractivity contribution >= 4 is 39.3 Å². The number of aryl methyl sites for hydroxylation is 1. The van der Waals surface area contributed by atoms with Crippen LogP contribution in [-0.4, -0.2) is 12.4 Å². The highest BCUT2D eigenvalue weighted by atomic mass is 79.9. The molecule has 0 heterocycles. The second-order valence-electron chi connectivity index (χ2n) is 4.35. The summed E-state index contributed by atoms with van der Waals surface area (Å²) in [7, 11) is 0. The van der Waals surface area contributed by atoms with Gasteiger partial charge in [-0.25, -0.2) is 0 Å². The second-order valence-corrected chi connectivity index (χ2v) is 6.71. The number of benzene rings is 2. The van der Waals surface area contributed by atoms with Gasteiger partial charge < -0.3 is 4.74 Å². The Labute approximate surface area is 137 Å². The van der Waals surface area contributed by atoms with Crippen LogP contribution in [0, 0.1) is 6.92 Å². The minimum absolute atomic E-state index is 0.460. The van der Waals surface area contributed by atoms with Crippen LogP contribution in [0.25, 0.3) is 0 Å². The standard InChI is InChI=1S/C16H16BrClOS/c1-12-9-14(17)10-13(11-18)16(12)19-7-8-20-15-5-3-2-4-6-15/h2-6,9-10H,7-8,11H2,1H3. The van der Waals surface area contributed by atoms with Gasteiger partial charge in [-0.05, 0) is 36.8 Å². The molecule has 0 aliphatic rings. The summed E-state index contributed by atoms with van der Waals surface area (Å²) in [4.78, 5) is 1.26. The molecule has 0 saturated heterocycles. The largest absolute Gasteiger partial charge is 0.492 e. The predicted octanol–water partition coefficient (Wildman–Crippen LogP) is 5.67. The van der Waals surface area contributed by atoms with E-state index in [1.54, 1.807) is 11.8 Å². The molecule has 106 valence electrons. The Morgan fingerprint density at radius 1 is 1.20 bits per heavy atom. The Morgan fingerprint density at radius 2 is 1.95 bits per heavy atom. The summed E-state index contributed by atoms with van der Waals surface area (Å²) < 4.78 is 6.95. The molecule has 2 aromatic carbocycles. The van der Waals surface area contributed by atoms with Crippen LogP contribution >= 0.6 is 39.3 Å². The van der Waals surface area contributed by atoms with Crippen molar-refractivity contribution < 1.29 is 4.74 Å². The van der Waals surface area contributed by atoms with Gasteiger partial charge in [0.1, 0.15) is 5.75 Å². The first kappa shape index (κ1) is 15.7. The van der Waals surface area contributed by atoms with Gasteiger partial charge in [0.2, 0.25) is 0 Å². The van der Waals surface area contributed by atoms with E-state index in [2.05, 4.69) is 34.1 Å². The highest BCUT2D eigenvalue weighted by Gasteiger charge is 2.08. The molecular weight excluding hydrogens is 356 g/mol. The molecule has 1 nitrogen and oxygen atoms in total. The van der Waals surface area contributed by atoms with Crippen molar-refractivity contribution in [3.8, 4) is 5.75 Å². The van der Waals surface area contributed by atoms with Gasteiger partial charge in [-0.3, -0.25) is 0 Å². The first-order valence-electron chi connectivity index (χ1n) is 6.36. The van der Waals surface area contributed by atoms with Crippen molar-refractivity contribution in [2.24, 2.45) is 0 Å². The smallest absolute Gasteiger partial charge is 0.126 e. The average molecular weight is 372 g/mol. The lowest BCUT2D eigenvalue weighted by Gasteiger charge is -2.13. The Morgan fingerprint density at radius 3 is 2.65 bits per heavy atom. The van der Waals surface area contributed by atoms with E-state index in [-0.39, 0.29) is 0 Å². The van der Waals surface area contributed by atoms with Gasteiger partial charge in [0.15, 0.2) is 0 Å². The number of halogens is 2. The number of hydrogen-bond donors (Lipinski definition) is 0. The zero-order chi connectivity index (χ0) is 14.4. The lowest BCUT2D eigenvalue weighted by molar-refractivity contribution is 0.339. The first-order valence-corrected chi connectivity index (χ1v) is 8.67. The summed E-state index contributed by atoms with van der Waals surface area (Å²) in [5.41, 5.74) is 2.14. The van der Waals surface area contributed by atoms with Gasteiger partial charge in [-0.15, -0.1) is 23.4 Å². The molecule has 0 atom stereocenters. The van der Waals surface area contributed by atoms with E-state index in [9.17, 15) is 0 Å². The highest BCUT2D eigenvalue weighted by molar-refractivity contribution is 9.10. The number of alkyl halides is 1. The molecule has 2 rings (SSSR count). The minimum atomic E-state index is 0.460. The van der Waals surface area contributed by atoms with E-state index in [4.69, 9.17) is 16.3 Å². The van der Waals surface area contributed by atoms with Crippen molar-refractivity contribution in [3.05, 3.63) is 58.1 Å². The van der Waals surface area contributed by atoms with Crippen LogP contribution in [0.15, 0.2) is 51.8 Å². The summed E-state index contributed by atoms with van der Waals surface area (Å²) in [6, 6.07) is 14.4. The van der Waals surface area contributed by atoms with Crippen molar-refractivity contribution in [1.82, 2.24) is 0 Å². The van der Waals surface area contributed by atoms with Gasteiger partial charge in [0, 0.05) is 20.7 Å². The van der Waals surface area contributed by atoms with E-state index >= 15 is 0 Å². The third-order valence-electron chi connectivity index (χ3n) is 2.80. The molecule has 0 radical (unpaired) electrons. The summed E-state index contributed by atoms with van der Waals surface area (Å²) in [6.45, 7) is 2.71. The quantitative estimate of drug-likeness (QED) is 0.368.